The van der Waals surface area contributed by atoms with E-state index in [1.54, 1.807) is 38.8 Å². The third-order valence-corrected chi connectivity index (χ3v) is 27.1. The quantitative estimate of drug-likeness (QED) is 0.0976. The normalized spacial score (nSPS) is 26.4. The number of hydrogen-bond donors (Lipinski definition) is 4. The van der Waals surface area contributed by atoms with E-state index >= 15 is 0 Å². The zero-order valence-electron chi connectivity index (χ0n) is 58.0. The van der Waals surface area contributed by atoms with Crippen molar-refractivity contribution in [1.29, 1.82) is 0 Å². The van der Waals surface area contributed by atoms with Gasteiger partial charge in [-0.05, 0) is 140 Å². The molecule has 18 heterocycles. The van der Waals surface area contributed by atoms with Crippen LogP contribution in [0.15, 0.2) is 80.0 Å². The third kappa shape index (κ3) is 13.4. The highest BCUT2D eigenvalue weighted by Gasteiger charge is 2.49. The van der Waals surface area contributed by atoms with Crippen molar-refractivity contribution in [2.75, 3.05) is 40.1 Å². The minimum absolute atomic E-state index is 0.00715. The van der Waals surface area contributed by atoms with Gasteiger partial charge in [0.1, 0.15) is 51.4 Å². The van der Waals surface area contributed by atoms with Crippen LogP contribution in [0.25, 0.3) is 38.7 Å². The Labute approximate surface area is 609 Å². The van der Waals surface area contributed by atoms with Crippen molar-refractivity contribution in [3.05, 3.63) is 146 Å². The third-order valence-electron chi connectivity index (χ3n) is 22.5. The molecule has 5 fully saturated rings. The number of nitrogens with one attached hydrogen (secondary N) is 3. The zero-order valence-corrected chi connectivity index (χ0v) is 62.8. The van der Waals surface area contributed by atoms with Crippen LogP contribution in [0.4, 0.5) is 17.1 Å². The van der Waals surface area contributed by atoms with Gasteiger partial charge in [0.25, 0.3) is 0 Å². The summed E-state index contributed by atoms with van der Waals surface area (Å²) in [4.78, 5) is 58.0. The van der Waals surface area contributed by atoms with E-state index in [1.165, 1.54) is 29.9 Å². The van der Waals surface area contributed by atoms with Gasteiger partial charge in [-0.2, -0.15) is 12.9 Å². The van der Waals surface area contributed by atoms with Crippen LogP contribution in [0.5, 0.6) is 0 Å². The molecule has 9 aliphatic heterocycles. The second kappa shape index (κ2) is 27.8. The highest BCUT2D eigenvalue weighted by molar-refractivity contribution is 7.89. The Morgan fingerprint density at radius 3 is 1.18 bits per heavy atom. The number of anilines is 3. The first-order valence-electron chi connectivity index (χ1n) is 35.3. The van der Waals surface area contributed by atoms with Gasteiger partial charge in [0.2, 0.25) is 30.1 Å². The lowest BCUT2D eigenvalue weighted by Gasteiger charge is -2.40. The highest BCUT2D eigenvalue weighted by Crippen LogP contribution is 2.49. The Morgan fingerprint density at radius 1 is 0.471 bits per heavy atom. The molecular formula is C71H85Cl3N18O7S3. The fourth-order valence-electron chi connectivity index (χ4n) is 18.5. The van der Waals surface area contributed by atoms with E-state index in [0.29, 0.717) is 41.5 Å². The molecule has 11 atom stereocenters. The van der Waals surface area contributed by atoms with Crippen LogP contribution < -0.4 is 14.7 Å². The van der Waals surface area contributed by atoms with Crippen molar-refractivity contribution in [2.24, 2.45) is 0 Å². The van der Waals surface area contributed by atoms with Gasteiger partial charge >= 0.3 is 0 Å². The first-order chi connectivity index (χ1) is 48.8. The SMILES string of the molecule is CCO.C[C@@H]1Cc2ncnc(C3=CC4CCC(C3)N4S(C)(=O)=O)c2CN1c1cc(Cl)nc2[nH]ccc12.C[C@@H]1Cc2ncnc(C3C[C@H]4CC[C@@H](C3)N4S(C)(=O)=O)c2CN1c1cc(Cl)nc2[nH]ccc12.C[C@@H]1Cc2ncnc(C3C[C@H]4CC[C@@H](C3)N4S(C)(=O)=O)c2CN1c1cc(Cl)nc2[nH]ccc12. The number of aromatic nitrogens is 12. The number of H-pyrrole nitrogens is 3. The smallest absolute Gasteiger partial charge is 0.212 e. The summed E-state index contributed by atoms with van der Waals surface area (Å²) in [6.07, 6.45) is 28.7. The van der Waals surface area contributed by atoms with Gasteiger partial charge in [0.15, 0.2) is 0 Å². The molecule has 0 aromatic carbocycles. The second-order valence-corrected chi connectivity index (χ2v) is 35.9. The molecule has 0 radical (unpaired) electrons. The maximum atomic E-state index is 12.3. The number of hydrogen-bond acceptors (Lipinski definition) is 19. The Kier molecular flexibility index (Phi) is 19.3. The summed E-state index contributed by atoms with van der Waals surface area (Å²) in [6.45, 7) is 10.6. The van der Waals surface area contributed by atoms with Crippen molar-refractivity contribution in [3.63, 3.8) is 0 Å². The number of rotatable bonds is 9. The summed E-state index contributed by atoms with van der Waals surface area (Å²) in [5, 5.41) is 12.1. The van der Waals surface area contributed by atoms with E-state index in [2.05, 4.69) is 86.4 Å². The molecule has 4 N–H and O–H groups in total. The highest BCUT2D eigenvalue weighted by atomic mass is 35.5. The Bertz CT molecular complexity index is 4870. The Morgan fingerprint density at radius 2 is 0.814 bits per heavy atom. The summed E-state index contributed by atoms with van der Waals surface area (Å²) in [5.41, 5.74) is 16.5. The molecular weight excluding hydrogens is 1420 g/mol. The van der Waals surface area contributed by atoms with Gasteiger partial charge in [0.05, 0.1) is 70.0 Å². The van der Waals surface area contributed by atoms with Crippen molar-refractivity contribution < 1.29 is 30.4 Å². The first-order valence-corrected chi connectivity index (χ1v) is 41.9. The van der Waals surface area contributed by atoms with Gasteiger partial charge in [-0.3, -0.25) is 0 Å². The average Bonchev–Trinajstić information content (AvgIpc) is 1.18. The molecule has 5 saturated heterocycles. The van der Waals surface area contributed by atoms with Crippen LogP contribution in [0, 0.1) is 0 Å². The lowest BCUT2D eigenvalue weighted by molar-refractivity contribution is 0.224. The van der Waals surface area contributed by atoms with Gasteiger partial charge in [-0.25, -0.2) is 70.1 Å². The summed E-state index contributed by atoms with van der Waals surface area (Å²) in [5.74, 6) is 0.502. The predicted octanol–water partition coefficient (Wildman–Crippen LogP) is 10.8. The average molecular weight is 1510 g/mol. The molecule has 0 aliphatic carbocycles. The minimum atomic E-state index is -3.23. The number of aliphatic hydroxyl groups is 1. The molecule has 25 nitrogen and oxygen atoms in total. The van der Waals surface area contributed by atoms with Crippen LogP contribution in [0.2, 0.25) is 15.5 Å². The van der Waals surface area contributed by atoms with Crippen LogP contribution in [0.3, 0.4) is 0 Å². The van der Waals surface area contributed by atoms with Crippen LogP contribution in [-0.4, -0.2) is 183 Å². The molecule has 0 amide bonds. The standard InChI is InChI=1S/2C23H27ClN6O2S.C23H25ClN6O2S.C2H6O/c3*1-13-7-19-18(11-29(13)20-10-21(24)28-23-17(20)5-6-25-23)22(27-12-26-19)14-8-15-3-4-16(9-14)30(15)33(2,31)32;1-2-3/h2*5-6,10,12-16H,3-4,7-9,11H2,1-2H3,(H,25,28);5-6,8,10,12-13,15-16H,3-4,7,9,11H2,1-2H3,(H,25,28);3H,2H2,1H3/t2*13-,14?,15-,16+;13-,15?,16?;/m111./s1. The van der Waals surface area contributed by atoms with E-state index < -0.39 is 30.1 Å². The monoisotopic (exact) mass is 1500 g/mol. The van der Waals surface area contributed by atoms with Crippen LogP contribution in [-0.2, 0) is 69.0 Å². The van der Waals surface area contributed by atoms with Crippen molar-refractivity contribution in [3.8, 4) is 0 Å². The van der Waals surface area contributed by atoms with E-state index in [1.807, 2.05) is 55.0 Å². The largest absolute Gasteiger partial charge is 0.397 e. The van der Waals surface area contributed by atoms with Crippen molar-refractivity contribution >= 4 is 121 Å². The number of aromatic amines is 3. The van der Waals surface area contributed by atoms with Gasteiger partial charge in [-0.15, -0.1) is 0 Å². The summed E-state index contributed by atoms with van der Waals surface area (Å²) < 4.78 is 79.2. The van der Waals surface area contributed by atoms with E-state index in [-0.39, 0.29) is 72.8 Å². The van der Waals surface area contributed by atoms with Crippen LogP contribution >= 0.6 is 34.8 Å². The number of nitrogens with zero attached hydrogens (tertiary/aromatic N) is 15. The van der Waals surface area contributed by atoms with Gasteiger partial charge in [0, 0.05) is 163 Å². The maximum absolute atomic E-state index is 12.3. The fourth-order valence-corrected chi connectivity index (χ4v) is 23.4. The molecule has 0 saturated carbocycles. The Balaban J connectivity index is 0.000000121. The number of aliphatic hydroxyl groups excluding tert-OH is 1. The summed E-state index contributed by atoms with van der Waals surface area (Å²) in [6, 6.07) is 12.9. The molecule has 6 bridgehead atoms. The molecule has 0 spiro atoms. The molecule has 9 aliphatic rings. The number of fused-ring (bicyclic) bond motifs is 12. The van der Waals surface area contributed by atoms with Crippen LogP contribution in [0.1, 0.15) is 161 Å². The number of piperidine rings is 2. The van der Waals surface area contributed by atoms with E-state index in [4.69, 9.17) is 54.9 Å². The second-order valence-electron chi connectivity index (χ2n) is 29.1. The lowest BCUT2D eigenvalue weighted by atomic mass is 9.85. The summed E-state index contributed by atoms with van der Waals surface area (Å²) in [7, 11) is -9.60. The van der Waals surface area contributed by atoms with Crippen molar-refractivity contribution in [2.45, 2.75) is 203 Å². The first kappa shape index (κ1) is 70.7. The minimum Gasteiger partial charge on any atom is -0.397 e. The van der Waals surface area contributed by atoms with E-state index in [9.17, 15) is 25.3 Å². The molecule has 9 aromatic rings. The fraction of sp³-hybridized carbons (Fsp3) is 0.507. The number of pyridine rings is 3. The molecule has 31 heteroatoms. The number of sulfonamides is 3. The number of halogens is 3. The molecule has 9 aromatic heterocycles. The molecule has 540 valence electrons. The van der Waals surface area contributed by atoms with E-state index in [0.717, 1.165) is 179 Å². The molecule has 18 rings (SSSR count). The lowest BCUT2D eigenvalue weighted by Crippen LogP contribution is -2.46. The maximum Gasteiger partial charge on any atom is 0.212 e. The molecule has 102 heavy (non-hydrogen) atoms. The zero-order chi connectivity index (χ0) is 71.4. The Hall–Kier alpha value is -6.99. The summed E-state index contributed by atoms with van der Waals surface area (Å²) >= 11 is 19.1. The predicted molar refractivity (Wildman–Crippen MR) is 397 cm³/mol. The van der Waals surface area contributed by atoms with Gasteiger partial charge in [-0.1, -0.05) is 40.9 Å². The van der Waals surface area contributed by atoms with Crippen molar-refractivity contribution in [1.82, 2.24) is 72.7 Å². The molecule has 4 unspecified atom stereocenters. The topological polar surface area (TPSA) is 305 Å². The van der Waals surface area contributed by atoms with Gasteiger partial charge < -0.3 is 34.8 Å².